The van der Waals surface area contributed by atoms with Crippen molar-refractivity contribution in [2.75, 3.05) is 49.6 Å². The zero-order chi connectivity index (χ0) is 22.5. The number of carbonyl (C=O) groups excluding carboxylic acids is 1. The van der Waals surface area contributed by atoms with Crippen LogP contribution in [-0.2, 0) is 11.3 Å². The number of pyridine rings is 2. The van der Waals surface area contributed by atoms with Crippen LogP contribution in [0.4, 0.5) is 11.6 Å². The molecule has 1 fully saturated rings. The summed E-state index contributed by atoms with van der Waals surface area (Å²) in [4.78, 5) is 27.4. The van der Waals surface area contributed by atoms with Crippen molar-refractivity contribution in [1.82, 2.24) is 14.9 Å². The first kappa shape index (κ1) is 30.5. The summed E-state index contributed by atoms with van der Waals surface area (Å²) in [7, 11) is 1.77. The van der Waals surface area contributed by atoms with E-state index in [-0.39, 0.29) is 49.7 Å². The van der Waals surface area contributed by atoms with Crippen LogP contribution in [0.25, 0.3) is 11.1 Å². The van der Waals surface area contributed by atoms with Crippen molar-refractivity contribution in [1.29, 1.82) is 0 Å². The Morgan fingerprint density at radius 2 is 1.66 bits per heavy atom. The zero-order valence-electron chi connectivity index (χ0n) is 20.0. The van der Waals surface area contributed by atoms with E-state index in [1.54, 1.807) is 11.9 Å². The lowest BCUT2D eigenvalue weighted by Crippen LogP contribution is -2.47. The Morgan fingerprint density at radius 1 is 0.943 bits per heavy atom. The van der Waals surface area contributed by atoms with E-state index < -0.39 is 0 Å². The van der Waals surface area contributed by atoms with E-state index in [0.29, 0.717) is 6.54 Å². The molecule has 0 radical (unpaired) electrons. The molecular formula is C25H33Cl3N6O. The summed E-state index contributed by atoms with van der Waals surface area (Å²) in [6.45, 7) is 6.36. The van der Waals surface area contributed by atoms with Crippen LogP contribution in [0.3, 0.4) is 0 Å². The molecule has 4 rings (SSSR count). The molecule has 1 aliphatic rings. The van der Waals surface area contributed by atoms with E-state index in [1.807, 2.05) is 30.6 Å². The molecule has 0 spiro atoms. The number of halogens is 3. The monoisotopic (exact) mass is 538 g/mol. The van der Waals surface area contributed by atoms with Gasteiger partial charge in [-0.15, -0.1) is 37.2 Å². The van der Waals surface area contributed by atoms with Crippen LogP contribution in [0.5, 0.6) is 0 Å². The molecule has 7 nitrogen and oxygen atoms in total. The van der Waals surface area contributed by atoms with Crippen molar-refractivity contribution in [3.63, 3.8) is 0 Å². The number of carbonyl (C=O) groups is 1. The van der Waals surface area contributed by atoms with Gasteiger partial charge in [0.05, 0.1) is 6.54 Å². The van der Waals surface area contributed by atoms with Crippen molar-refractivity contribution in [2.24, 2.45) is 5.73 Å². The average Bonchev–Trinajstić information content (AvgIpc) is 2.84. The van der Waals surface area contributed by atoms with Crippen LogP contribution in [0.15, 0.2) is 60.9 Å². The Balaban J connectivity index is 0.00000204. The fourth-order valence-corrected chi connectivity index (χ4v) is 4.07. The Morgan fingerprint density at radius 3 is 2.29 bits per heavy atom. The fraction of sp³-hybridized carbons (Fsp3) is 0.320. The molecule has 0 aliphatic carbocycles. The molecule has 2 N–H and O–H groups in total. The Kier molecular flexibility index (Phi) is 12.3. The number of rotatable bonds is 6. The van der Waals surface area contributed by atoms with Gasteiger partial charge in [-0.2, -0.15) is 0 Å². The number of aryl methyl sites for hydroxylation is 1. The van der Waals surface area contributed by atoms with E-state index in [2.05, 4.69) is 52.0 Å². The van der Waals surface area contributed by atoms with Crippen LogP contribution >= 0.6 is 37.2 Å². The van der Waals surface area contributed by atoms with Crippen LogP contribution in [0.1, 0.15) is 11.1 Å². The number of amides is 1. The fourth-order valence-electron chi connectivity index (χ4n) is 4.07. The van der Waals surface area contributed by atoms with E-state index in [1.165, 1.54) is 5.56 Å². The van der Waals surface area contributed by atoms with Crippen molar-refractivity contribution in [3.8, 4) is 11.1 Å². The largest absolute Gasteiger partial charge is 0.353 e. The Hall–Kier alpha value is -2.58. The molecule has 10 heteroatoms. The van der Waals surface area contributed by atoms with Gasteiger partial charge in [0.25, 0.3) is 0 Å². The molecule has 0 bridgehead atoms. The van der Waals surface area contributed by atoms with Gasteiger partial charge in [0.1, 0.15) is 11.6 Å². The van der Waals surface area contributed by atoms with Crippen LogP contribution in [0, 0.1) is 6.92 Å². The summed E-state index contributed by atoms with van der Waals surface area (Å²) in [5.41, 5.74) is 9.89. The second-order valence-corrected chi connectivity index (χ2v) is 8.18. The van der Waals surface area contributed by atoms with Crippen molar-refractivity contribution in [2.45, 2.75) is 13.5 Å². The van der Waals surface area contributed by atoms with Crippen LogP contribution in [0.2, 0.25) is 0 Å². The smallest absolute Gasteiger partial charge is 0.236 e. The lowest BCUT2D eigenvalue weighted by molar-refractivity contribution is -0.128. The lowest BCUT2D eigenvalue weighted by Gasteiger charge is -2.36. The van der Waals surface area contributed by atoms with Gasteiger partial charge in [0, 0.05) is 57.7 Å². The number of nitrogens with two attached hydrogens (primary N) is 1. The minimum atomic E-state index is -0.0697. The normalized spacial score (nSPS) is 12.7. The molecule has 2 aromatic heterocycles. The number of likely N-dealkylation sites (N-methyl/N-ethyl adjacent to an activating group) is 1. The molecule has 1 aromatic carbocycles. The van der Waals surface area contributed by atoms with E-state index in [9.17, 15) is 4.79 Å². The molecule has 1 saturated heterocycles. The highest BCUT2D eigenvalue weighted by Crippen LogP contribution is 2.24. The maximum Gasteiger partial charge on any atom is 0.236 e. The Labute approximate surface area is 226 Å². The first-order chi connectivity index (χ1) is 15.5. The molecule has 3 heterocycles. The average molecular weight is 540 g/mol. The summed E-state index contributed by atoms with van der Waals surface area (Å²) in [6.07, 6.45) is 3.79. The number of aromatic nitrogens is 2. The third-order valence-electron chi connectivity index (χ3n) is 5.91. The van der Waals surface area contributed by atoms with Crippen LogP contribution < -0.4 is 15.5 Å². The molecule has 190 valence electrons. The third-order valence-corrected chi connectivity index (χ3v) is 5.91. The Bertz CT molecular complexity index is 1070. The minimum absolute atomic E-state index is 0. The summed E-state index contributed by atoms with van der Waals surface area (Å²) in [6, 6.07) is 16.5. The highest BCUT2D eigenvalue weighted by Gasteiger charge is 2.20. The minimum Gasteiger partial charge on any atom is -0.353 e. The first-order valence-corrected chi connectivity index (χ1v) is 11.0. The molecule has 0 saturated carbocycles. The summed E-state index contributed by atoms with van der Waals surface area (Å²) in [5.74, 6) is 2.00. The topological polar surface area (TPSA) is 78.6 Å². The molecule has 0 atom stereocenters. The van der Waals surface area contributed by atoms with Gasteiger partial charge in [-0.1, -0.05) is 24.3 Å². The van der Waals surface area contributed by atoms with Gasteiger partial charge in [-0.05, 0) is 47.9 Å². The number of hydrogen-bond donors (Lipinski definition) is 1. The maximum atomic E-state index is 11.8. The standard InChI is InChI=1S/C25H30N6O.3ClH/c1-19-5-4-10-27-25(19)31-13-11-30(12-14-31)23-9-8-22(17-28-23)21-7-3-6-20(15-21)18-29(2)24(32)16-26;;;/h3-10,15,17H,11-14,16,18,26H2,1-2H3;3*1H. The predicted octanol–water partition coefficient (Wildman–Crippen LogP) is 3.96. The summed E-state index contributed by atoms with van der Waals surface area (Å²) >= 11 is 0. The molecule has 3 aromatic rings. The van der Waals surface area contributed by atoms with Gasteiger partial charge in [-0.25, -0.2) is 9.97 Å². The SMILES string of the molecule is Cc1cccnc1N1CCN(c2ccc(-c3cccc(CN(C)C(=O)CN)c3)cn2)CC1.Cl.Cl.Cl. The number of nitrogens with zero attached hydrogens (tertiary/aromatic N) is 5. The van der Waals surface area contributed by atoms with Crippen LogP contribution in [-0.4, -0.2) is 60.5 Å². The number of benzene rings is 1. The van der Waals surface area contributed by atoms with Gasteiger partial charge < -0.3 is 20.4 Å². The number of anilines is 2. The number of hydrogen-bond acceptors (Lipinski definition) is 6. The zero-order valence-corrected chi connectivity index (χ0v) is 22.4. The first-order valence-electron chi connectivity index (χ1n) is 11.0. The highest BCUT2D eigenvalue weighted by molar-refractivity contribution is 5.86. The summed E-state index contributed by atoms with van der Waals surface area (Å²) < 4.78 is 0. The van der Waals surface area contributed by atoms with E-state index in [0.717, 1.165) is 54.5 Å². The molecule has 35 heavy (non-hydrogen) atoms. The van der Waals surface area contributed by atoms with Gasteiger partial charge in [0.2, 0.25) is 5.91 Å². The second-order valence-electron chi connectivity index (χ2n) is 8.18. The van der Waals surface area contributed by atoms with Gasteiger partial charge in [-0.3, -0.25) is 4.79 Å². The van der Waals surface area contributed by atoms with E-state index in [4.69, 9.17) is 10.7 Å². The van der Waals surface area contributed by atoms with Crippen molar-refractivity contribution in [3.05, 3.63) is 72.1 Å². The second kappa shape index (κ2) is 14.1. The number of piperazine rings is 1. The summed E-state index contributed by atoms with van der Waals surface area (Å²) in [5, 5.41) is 0. The van der Waals surface area contributed by atoms with Gasteiger partial charge >= 0.3 is 0 Å². The highest BCUT2D eigenvalue weighted by atomic mass is 35.5. The molecular weight excluding hydrogens is 507 g/mol. The quantitative estimate of drug-likeness (QED) is 0.511. The lowest BCUT2D eigenvalue weighted by atomic mass is 10.0. The molecule has 1 aliphatic heterocycles. The molecule has 1 amide bonds. The third kappa shape index (κ3) is 7.45. The van der Waals surface area contributed by atoms with E-state index >= 15 is 0 Å². The molecule has 0 unspecified atom stereocenters. The van der Waals surface area contributed by atoms with Gasteiger partial charge in [0.15, 0.2) is 0 Å². The predicted molar refractivity (Wildman–Crippen MR) is 150 cm³/mol. The maximum absolute atomic E-state index is 11.8. The van der Waals surface area contributed by atoms with Crippen molar-refractivity contribution >= 4 is 54.8 Å². The van der Waals surface area contributed by atoms with Crippen molar-refractivity contribution < 1.29 is 4.79 Å².